The van der Waals surface area contributed by atoms with Crippen LogP contribution < -0.4 is 4.90 Å². The predicted molar refractivity (Wildman–Crippen MR) is 209 cm³/mol. The fourth-order valence-corrected chi connectivity index (χ4v) is 8.08. The zero-order valence-corrected chi connectivity index (χ0v) is 28.5. The summed E-state index contributed by atoms with van der Waals surface area (Å²) in [5.74, 6) is 0.623. The second-order valence-electron chi connectivity index (χ2n) is 13.7. The summed E-state index contributed by atoms with van der Waals surface area (Å²) in [5.41, 5.74) is 9.65. The number of oxazole rings is 1. The van der Waals surface area contributed by atoms with Gasteiger partial charge in [-0.15, -0.1) is 11.3 Å². The Bertz CT molecular complexity index is 2640. The van der Waals surface area contributed by atoms with E-state index in [0.29, 0.717) is 5.89 Å². The zero-order valence-electron chi connectivity index (χ0n) is 27.6. The quantitative estimate of drug-likeness (QED) is 0.186. The van der Waals surface area contributed by atoms with Gasteiger partial charge in [-0.2, -0.15) is 0 Å². The van der Waals surface area contributed by atoms with Gasteiger partial charge >= 0.3 is 0 Å². The van der Waals surface area contributed by atoms with Gasteiger partial charge in [0, 0.05) is 48.2 Å². The summed E-state index contributed by atoms with van der Waals surface area (Å²) >= 11 is 1.84. The van der Waals surface area contributed by atoms with Gasteiger partial charge in [0.15, 0.2) is 5.58 Å². The average molecular weight is 651 g/mol. The number of aromatic nitrogens is 1. The molecule has 7 aromatic carbocycles. The van der Waals surface area contributed by atoms with Gasteiger partial charge in [0.05, 0.1) is 0 Å². The van der Waals surface area contributed by atoms with E-state index >= 15 is 0 Å². The van der Waals surface area contributed by atoms with Crippen LogP contribution in [0.2, 0.25) is 0 Å². The van der Waals surface area contributed by atoms with E-state index in [1.807, 2.05) is 29.5 Å². The molecule has 0 fully saturated rings. The molecule has 0 saturated heterocycles. The maximum absolute atomic E-state index is 6.40. The van der Waals surface area contributed by atoms with E-state index < -0.39 is 0 Å². The molecule has 0 atom stereocenters. The van der Waals surface area contributed by atoms with Gasteiger partial charge in [0.1, 0.15) is 5.52 Å². The normalized spacial score (nSPS) is 12.0. The van der Waals surface area contributed by atoms with Gasteiger partial charge in [-0.05, 0) is 94.2 Å². The molecule has 0 N–H and O–H groups in total. The van der Waals surface area contributed by atoms with E-state index in [4.69, 9.17) is 9.40 Å². The lowest BCUT2D eigenvalue weighted by molar-refractivity contribution is 0.592. The Hall–Kier alpha value is -5.71. The molecule has 0 bridgehead atoms. The first-order valence-corrected chi connectivity index (χ1v) is 17.5. The number of benzene rings is 7. The Balaban J connectivity index is 1.20. The molecule has 2 aromatic heterocycles. The van der Waals surface area contributed by atoms with Crippen LogP contribution in [0.15, 0.2) is 156 Å². The largest absolute Gasteiger partial charge is 0.435 e. The Kier molecular flexibility index (Phi) is 6.89. The van der Waals surface area contributed by atoms with E-state index in [2.05, 4.69) is 159 Å². The third kappa shape index (κ3) is 5.16. The van der Waals surface area contributed by atoms with Gasteiger partial charge in [0.2, 0.25) is 5.89 Å². The van der Waals surface area contributed by atoms with Crippen LogP contribution in [0.3, 0.4) is 0 Å². The van der Waals surface area contributed by atoms with Crippen molar-refractivity contribution in [3.05, 3.63) is 157 Å². The Morgan fingerprint density at radius 2 is 1.22 bits per heavy atom. The molecule has 0 spiro atoms. The van der Waals surface area contributed by atoms with Crippen molar-refractivity contribution in [3.63, 3.8) is 0 Å². The molecule has 0 radical (unpaired) electrons. The van der Waals surface area contributed by atoms with E-state index in [9.17, 15) is 0 Å². The Morgan fingerprint density at radius 1 is 0.551 bits per heavy atom. The number of nitrogens with zero attached hydrogens (tertiary/aromatic N) is 2. The summed E-state index contributed by atoms with van der Waals surface area (Å²) in [7, 11) is 0. The highest BCUT2D eigenvalue weighted by Crippen LogP contribution is 2.44. The first kappa shape index (κ1) is 29.4. The molecule has 3 nitrogen and oxygen atoms in total. The number of thiophene rings is 1. The van der Waals surface area contributed by atoms with Crippen molar-refractivity contribution in [1.82, 2.24) is 4.98 Å². The van der Waals surface area contributed by atoms with Crippen molar-refractivity contribution < 1.29 is 4.42 Å². The summed E-state index contributed by atoms with van der Waals surface area (Å²) in [4.78, 5) is 7.25. The molecular formula is C45H34N2OS. The maximum Gasteiger partial charge on any atom is 0.227 e. The van der Waals surface area contributed by atoms with Crippen molar-refractivity contribution in [2.75, 3.05) is 4.90 Å². The summed E-state index contributed by atoms with van der Waals surface area (Å²) in [6.45, 7) is 6.89. The third-order valence-electron chi connectivity index (χ3n) is 9.42. The maximum atomic E-state index is 6.40. The SMILES string of the molecule is CC(C)(C)c1cc(N(c2ccc(-c3nc4ccc5ccccc5c4o3)cc2)c2ccc3sc4ccccc4c3c2)ccc1-c1ccccc1. The van der Waals surface area contributed by atoms with E-state index in [0.717, 1.165) is 44.5 Å². The highest BCUT2D eigenvalue weighted by molar-refractivity contribution is 7.25. The van der Waals surface area contributed by atoms with Crippen LogP contribution in [0, 0.1) is 0 Å². The zero-order chi connectivity index (χ0) is 33.1. The lowest BCUT2D eigenvalue weighted by Gasteiger charge is -2.30. The van der Waals surface area contributed by atoms with E-state index in [1.54, 1.807) is 0 Å². The van der Waals surface area contributed by atoms with Gasteiger partial charge in [-0.3, -0.25) is 0 Å². The second kappa shape index (κ2) is 11.5. The molecule has 236 valence electrons. The lowest BCUT2D eigenvalue weighted by atomic mass is 9.81. The average Bonchev–Trinajstić information content (AvgIpc) is 3.74. The fraction of sp³-hybridized carbons (Fsp3) is 0.0889. The molecule has 9 rings (SSSR count). The molecular weight excluding hydrogens is 617 g/mol. The molecule has 9 aromatic rings. The van der Waals surface area contributed by atoms with Gasteiger partial charge in [0.25, 0.3) is 0 Å². The van der Waals surface area contributed by atoms with Crippen LogP contribution in [0.4, 0.5) is 17.1 Å². The molecule has 0 saturated carbocycles. The number of rotatable bonds is 5. The molecule has 0 unspecified atom stereocenters. The summed E-state index contributed by atoms with van der Waals surface area (Å²) in [6, 6.07) is 54.2. The third-order valence-corrected chi connectivity index (χ3v) is 10.6. The number of anilines is 3. The summed E-state index contributed by atoms with van der Waals surface area (Å²) < 4.78 is 9.00. The Labute approximate surface area is 289 Å². The smallest absolute Gasteiger partial charge is 0.227 e. The van der Waals surface area contributed by atoms with Crippen LogP contribution in [0.25, 0.3) is 64.6 Å². The minimum absolute atomic E-state index is 0.0681. The van der Waals surface area contributed by atoms with Gasteiger partial charge in [-0.25, -0.2) is 4.98 Å². The molecule has 2 heterocycles. The molecule has 0 aliphatic carbocycles. The predicted octanol–water partition coefficient (Wildman–Crippen LogP) is 13.5. The highest BCUT2D eigenvalue weighted by Gasteiger charge is 2.23. The van der Waals surface area contributed by atoms with Crippen molar-refractivity contribution in [2.24, 2.45) is 0 Å². The molecule has 4 heteroatoms. The van der Waals surface area contributed by atoms with E-state index in [-0.39, 0.29) is 5.41 Å². The summed E-state index contributed by atoms with van der Waals surface area (Å²) in [5, 5.41) is 4.78. The van der Waals surface area contributed by atoms with Gasteiger partial charge in [-0.1, -0.05) is 106 Å². The van der Waals surface area contributed by atoms with Crippen molar-refractivity contribution in [1.29, 1.82) is 0 Å². The second-order valence-corrected chi connectivity index (χ2v) is 14.7. The lowest BCUT2D eigenvalue weighted by Crippen LogP contribution is -2.16. The van der Waals surface area contributed by atoms with Crippen LogP contribution >= 0.6 is 11.3 Å². The number of hydrogen-bond donors (Lipinski definition) is 0. The fourth-order valence-electron chi connectivity index (χ4n) is 6.99. The first-order chi connectivity index (χ1) is 23.9. The van der Waals surface area contributed by atoms with Crippen LogP contribution in [0.5, 0.6) is 0 Å². The monoisotopic (exact) mass is 650 g/mol. The van der Waals surface area contributed by atoms with Crippen molar-refractivity contribution in [2.45, 2.75) is 26.2 Å². The summed E-state index contributed by atoms with van der Waals surface area (Å²) in [6.07, 6.45) is 0. The number of fused-ring (bicyclic) bond motifs is 6. The Morgan fingerprint density at radius 3 is 2.04 bits per heavy atom. The topological polar surface area (TPSA) is 29.3 Å². The first-order valence-electron chi connectivity index (χ1n) is 16.7. The highest BCUT2D eigenvalue weighted by atomic mass is 32.1. The minimum Gasteiger partial charge on any atom is -0.435 e. The van der Waals surface area contributed by atoms with Gasteiger partial charge < -0.3 is 9.32 Å². The molecule has 0 amide bonds. The van der Waals surface area contributed by atoms with Crippen molar-refractivity contribution >= 4 is 70.4 Å². The van der Waals surface area contributed by atoms with E-state index in [1.165, 1.54) is 36.9 Å². The molecule has 0 aliphatic heterocycles. The van der Waals surface area contributed by atoms with Crippen molar-refractivity contribution in [3.8, 4) is 22.6 Å². The van der Waals surface area contributed by atoms with Crippen LogP contribution in [-0.4, -0.2) is 4.98 Å². The molecule has 0 aliphatic rings. The van der Waals surface area contributed by atoms with Crippen LogP contribution in [0.1, 0.15) is 26.3 Å². The number of hydrogen-bond acceptors (Lipinski definition) is 4. The minimum atomic E-state index is -0.0681. The molecule has 49 heavy (non-hydrogen) atoms. The van der Waals surface area contributed by atoms with Crippen LogP contribution in [-0.2, 0) is 5.41 Å². The standard InChI is InChI=1S/C45H34N2OS/c1-45(2,3)39-28-34(22-24-35(39)29-11-5-4-6-12-29)47(33-23-26-42-38(27-33)37-15-9-10-16-41(37)49-42)32-20-17-31(18-21-32)44-46-40-25-19-30-13-7-8-14-36(30)43(40)48-44/h4-28H,1-3H3.